The molecule has 0 aromatic heterocycles. The van der Waals surface area contributed by atoms with Crippen molar-refractivity contribution < 1.29 is 0 Å². The lowest BCUT2D eigenvalue weighted by Crippen LogP contribution is -2.25. The summed E-state index contributed by atoms with van der Waals surface area (Å²) in [5.74, 6) is 1.21. The molecule has 0 bridgehead atoms. The minimum absolute atomic E-state index is 1.02. The first-order valence-corrected chi connectivity index (χ1v) is 5.03. The fourth-order valence-electron chi connectivity index (χ4n) is 1.51. The number of aliphatic imine (C=N–C) groups is 1. The molecule has 12 heavy (non-hydrogen) atoms. The highest BCUT2D eigenvalue weighted by Crippen LogP contribution is 2.06. The smallest absolute Gasteiger partial charge is 0.0954 e. The zero-order valence-electron chi connectivity index (χ0n) is 8.34. The van der Waals surface area contributed by atoms with Gasteiger partial charge in [0.05, 0.1) is 5.84 Å². The molecule has 0 aromatic carbocycles. The van der Waals surface area contributed by atoms with Gasteiger partial charge in [0.25, 0.3) is 0 Å². The Balaban J connectivity index is 2.42. The van der Waals surface area contributed by atoms with E-state index in [0.29, 0.717) is 0 Å². The fourth-order valence-corrected chi connectivity index (χ4v) is 1.51. The first kappa shape index (κ1) is 9.56. The van der Waals surface area contributed by atoms with Crippen molar-refractivity contribution in [1.29, 1.82) is 0 Å². The number of hydrogen-bond donors (Lipinski definition) is 0. The third-order valence-corrected chi connectivity index (χ3v) is 2.54. The van der Waals surface area contributed by atoms with Gasteiger partial charge in [0.1, 0.15) is 0 Å². The van der Waals surface area contributed by atoms with E-state index in [4.69, 9.17) is 0 Å². The predicted octanol–water partition coefficient (Wildman–Crippen LogP) is 2.30. The molecule has 0 aromatic rings. The molecule has 0 radical (unpaired) electrons. The second kappa shape index (κ2) is 5.18. The molecule has 0 fully saturated rings. The van der Waals surface area contributed by atoms with Crippen LogP contribution in [0.2, 0.25) is 0 Å². The van der Waals surface area contributed by atoms with E-state index in [1.165, 1.54) is 44.5 Å². The van der Waals surface area contributed by atoms with Crippen LogP contribution in [0.25, 0.3) is 0 Å². The summed E-state index contributed by atoms with van der Waals surface area (Å²) < 4.78 is 0. The van der Waals surface area contributed by atoms with Gasteiger partial charge in [-0.3, -0.25) is 4.99 Å². The quantitative estimate of drug-likeness (QED) is 0.542. The first-order chi connectivity index (χ1) is 5.80. The van der Waals surface area contributed by atoms with E-state index in [0.717, 1.165) is 6.54 Å². The van der Waals surface area contributed by atoms with Crippen LogP contribution in [-0.2, 0) is 0 Å². The highest BCUT2D eigenvalue weighted by Gasteiger charge is 2.01. The lowest BCUT2D eigenvalue weighted by atomic mass is 10.1. The number of nitrogens with zero attached hydrogens (tertiary/aromatic N) is 2. The monoisotopic (exact) mass is 168 g/mol. The summed E-state index contributed by atoms with van der Waals surface area (Å²) in [4.78, 5) is 6.78. The Labute approximate surface area is 75.7 Å². The second-order valence-corrected chi connectivity index (χ2v) is 3.62. The normalized spacial score (nSPS) is 26.2. The summed E-state index contributed by atoms with van der Waals surface area (Å²) in [6.07, 6.45) is 6.73. The Morgan fingerprint density at radius 3 is 2.58 bits per heavy atom. The molecule has 1 heterocycles. The van der Waals surface area contributed by atoms with Crippen molar-refractivity contribution in [2.45, 2.75) is 39.0 Å². The Morgan fingerprint density at radius 1 is 1.08 bits per heavy atom. The lowest BCUT2D eigenvalue weighted by Gasteiger charge is -2.19. The van der Waals surface area contributed by atoms with Gasteiger partial charge in [0.2, 0.25) is 0 Å². The highest BCUT2D eigenvalue weighted by atomic mass is 15.1. The summed E-state index contributed by atoms with van der Waals surface area (Å²) in [5.41, 5.74) is 0. The molecule has 0 saturated carbocycles. The van der Waals surface area contributed by atoms with Crippen molar-refractivity contribution in [3.63, 3.8) is 0 Å². The minimum Gasteiger partial charge on any atom is -0.364 e. The molecule has 0 aliphatic carbocycles. The van der Waals surface area contributed by atoms with Crippen LogP contribution in [0.4, 0.5) is 0 Å². The van der Waals surface area contributed by atoms with Crippen molar-refractivity contribution in [2.75, 3.05) is 20.1 Å². The van der Waals surface area contributed by atoms with Crippen LogP contribution in [0.5, 0.6) is 0 Å². The molecule has 0 amide bonds. The summed E-state index contributed by atoms with van der Waals surface area (Å²) in [5, 5.41) is 0. The van der Waals surface area contributed by atoms with Gasteiger partial charge in [-0.15, -0.1) is 0 Å². The van der Waals surface area contributed by atoms with E-state index < -0.39 is 0 Å². The summed E-state index contributed by atoms with van der Waals surface area (Å²) in [6, 6.07) is 0. The second-order valence-electron chi connectivity index (χ2n) is 3.62. The molecule has 2 nitrogen and oxygen atoms in total. The Hall–Kier alpha value is -0.530. The number of rotatable bonds is 0. The molecule has 70 valence electrons. The topological polar surface area (TPSA) is 15.6 Å². The summed E-state index contributed by atoms with van der Waals surface area (Å²) in [7, 11) is 2.14. The molecule has 1 aliphatic rings. The van der Waals surface area contributed by atoms with Gasteiger partial charge in [0.15, 0.2) is 0 Å². The predicted molar refractivity (Wildman–Crippen MR) is 53.7 cm³/mol. The van der Waals surface area contributed by atoms with Crippen molar-refractivity contribution in [2.24, 2.45) is 4.99 Å². The van der Waals surface area contributed by atoms with Crippen LogP contribution in [0, 0.1) is 0 Å². The van der Waals surface area contributed by atoms with E-state index in [-0.39, 0.29) is 0 Å². The maximum Gasteiger partial charge on any atom is 0.0954 e. The SMILES string of the molecule is C/C1=N\CCCCCCCN1C. The molecule has 2 heteroatoms. The molecule has 1 aliphatic heterocycles. The highest BCUT2D eigenvalue weighted by molar-refractivity contribution is 5.79. The average molecular weight is 168 g/mol. The van der Waals surface area contributed by atoms with Gasteiger partial charge in [0, 0.05) is 20.1 Å². The Bertz CT molecular complexity index is 152. The molecule has 0 atom stereocenters. The van der Waals surface area contributed by atoms with Gasteiger partial charge >= 0.3 is 0 Å². The molecule has 0 N–H and O–H groups in total. The van der Waals surface area contributed by atoms with Crippen LogP contribution in [0.1, 0.15) is 39.0 Å². The summed E-state index contributed by atoms with van der Waals surface area (Å²) >= 11 is 0. The van der Waals surface area contributed by atoms with Crippen molar-refractivity contribution in [3.8, 4) is 0 Å². The third kappa shape index (κ3) is 3.24. The molecule has 1 rings (SSSR count). The van der Waals surface area contributed by atoms with Crippen LogP contribution < -0.4 is 0 Å². The maximum absolute atomic E-state index is 4.51. The minimum atomic E-state index is 1.02. The standard InChI is InChI=1S/C10H20N2/c1-10-11-8-6-4-3-5-7-9-12(10)2/h3-9H2,1-2H3/b11-10+. The van der Waals surface area contributed by atoms with Crippen LogP contribution in [0.3, 0.4) is 0 Å². The van der Waals surface area contributed by atoms with Gasteiger partial charge in [-0.05, 0) is 19.8 Å². The lowest BCUT2D eigenvalue weighted by molar-refractivity contribution is 0.456. The zero-order valence-corrected chi connectivity index (χ0v) is 8.34. The largest absolute Gasteiger partial charge is 0.364 e. The molecular formula is C10H20N2. The molecule has 0 saturated heterocycles. The van der Waals surface area contributed by atoms with E-state index in [2.05, 4.69) is 23.9 Å². The van der Waals surface area contributed by atoms with Crippen LogP contribution in [0.15, 0.2) is 4.99 Å². The average Bonchev–Trinajstić information content (AvgIpc) is 2.08. The van der Waals surface area contributed by atoms with Gasteiger partial charge in [-0.25, -0.2) is 0 Å². The zero-order chi connectivity index (χ0) is 8.81. The van der Waals surface area contributed by atoms with Crippen LogP contribution in [-0.4, -0.2) is 30.9 Å². The first-order valence-electron chi connectivity index (χ1n) is 5.03. The molecule has 0 unspecified atom stereocenters. The third-order valence-electron chi connectivity index (χ3n) is 2.54. The Kier molecular flexibility index (Phi) is 4.12. The number of amidine groups is 1. The van der Waals surface area contributed by atoms with Crippen molar-refractivity contribution in [3.05, 3.63) is 0 Å². The number of hydrogen-bond acceptors (Lipinski definition) is 2. The fraction of sp³-hybridized carbons (Fsp3) is 0.900. The summed E-state index contributed by atoms with van der Waals surface area (Å²) in [6.45, 7) is 4.31. The van der Waals surface area contributed by atoms with Crippen molar-refractivity contribution in [1.82, 2.24) is 4.90 Å². The van der Waals surface area contributed by atoms with Gasteiger partial charge in [-0.1, -0.05) is 19.3 Å². The Morgan fingerprint density at radius 2 is 1.75 bits per heavy atom. The molecular weight excluding hydrogens is 148 g/mol. The van der Waals surface area contributed by atoms with E-state index >= 15 is 0 Å². The van der Waals surface area contributed by atoms with E-state index in [1.807, 2.05) is 0 Å². The van der Waals surface area contributed by atoms with E-state index in [9.17, 15) is 0 Å². The van der Waals surface area contributed by atoms with Crippen LogP contribution >= 0.6 is 0 Å². The van der Waals surface area contributed by atoms with Gasteiger partial charge < -0.3 is 4.90 Å². The van der Waals surface area contributed by atoms with Gasteiger partial charge in [-0.2, -0.15) is 0 Å². The van der Waals surface area contributed by atoms with E-state index in [1.54, 1.807) is 0 Å². The maximum atomic E-state index is 4.51. The van der Waals surface area contributed by atoms with Crippen molar-refractivity contribution >= 4 is 5.84 Å². The molecule has 0 spiro atoms.